The zero-order valence-corrected chi connectivity index (χ0v) is 18.8. The fraction of sp³-hybridized carbons (Fsp3) is 0.417. The summed E-state index contributed by atoms with van der Waals surface area (Å²) in [5.41, 5.74) is 1.51. The largest absolute Gasteiger partial charge is 0.363 e. The van der Waals surface area contributed by atoms with Crippen LogP contribution >= 0.6 is 11.3 Å². The summed E-state index contributed by atoms with van der Waals surface area (Å²) in [6.07, 6.45) is 7.66. The van der Waals surface area contributed by atoms with Crippen molar-refractivity contribution in [2.24, 2.45) is 0 Å². The first-order chi connectivity index (χ1) is 15.8. The van der Waals surface area contributed by atoms with Crippen molar-refractivity contribution in [3.05, 3.63) is 41.5 Å². The van der Waals surface area contributed by atoms with Crippen LogP contribution < -0.4 is 10.2 Å². The fourth-order valence-electron chi connectivity index (χ4n) is 4.87. The number of nitrogens with zero attached hydrogens (tertiary/aromatic N) is 5. The number of imidazole rings is 1. The van der Waals surface area contributed by atoms with Crippen LogP contribution in [-0.4, -0.2) is 38.4 Å². The van der Waals surface area contributed by atoms with Gasteiger partial charge in [-0.25, -0.2) is 4.98 Å². The van der Waals surface area contributed by atoms with Gasteiger partial charge in [-0.15, -0.1) is 11.3 Å². The van der Waals surface area contributed by atoms with Gasteiger partial charge in [0, 0.05) is 29.1 Å². The standard InChI is InChI=1S/C24H26N6OS/c31-19-9-3-2-8-18(19)30-15-26-21-22(27-24(28-23(21)30)29-11-5-6-12-29)25-14-17-13-16-7-1-4-10-20(16)32-17/h1,4,7,10,13,15,18H,2-3,5-6,8-9,11-12,14H2,(H,25,27,28). The number of carbonyl (C=O) groups excluding carboxylic acids is 1. The lowest BCUT2D eigenvalue weighted by Crippen LogP contribution is -2.24. The molecule has 1 saturated heterocycles. The molecule has 2 fully saturated rings. The highest BCUT2D eigenvalue weighted by molar-refractivity contribution is 7.19. The molecule has 32 heavy (non-hydrogen) atoms. The molecule has 1 aromatic carbocycles. The molecule has 1 saturated carbocycles. The Kier molecular flexibility index (Phi) is 5.02. The second-order valence-electron chi connectivity index (χ2n) is 8.72. The number of aromatic nitrogens is 4. The second-order valence-corrected chi connectivity index (χ2v) is 9.89. The van der Waals surface area contributed by atoms with Crippen LogP contribution in [0.2, 0.25) is 0 Å². The Morgan fingerprint density at radius 1 is 1.09 bits per heavy atom. The van der Waals surface area contributed by atoms with Crippen molar-refractivity contribution in [1.29, 1.82) is 0 Å². The number of nitrogens with one attached hydrogen (secondary N) is 1. The van der Waals surface area contributed by atoms with E-state index < -0.39 is 0 Å². The summed E-state index contributed by atoms with van der Waals surface area (Å²) in [5, 5.41) is 4.79. The molecule has 1 unspecified atom stereocenters. The van der Waals surface area contributed by atoms with Gasteiger partial charge >= 0.3 is 0 Å². The van der Waals surface area contributed by atoms with Crippen LogP contribution in [0.4, 0.5) is 11.8 Å². The van der Waals surface area contributed by atoms with Gasteiger partial charge in [0.05, 0.1) is 18.9 Å². The number of fused-ring (bicyclic) bond motifs is 2. The van der Waals surface area contributed by atoms with E-state index >= 15 is 0 Å². The quantitative estimate of drug-likeness (QED) is 0.468. The third-order valence-corrected chi connectivity index (χ3v) is 7.68. The van der Waals surface area contributed by atoms with E-state index in [0.717, 1.165) is 68.1 Å². The molecule has 3 aromatic heterocycles. The zero-order valence-electron chi connectivity index (χ0n) is 18.0. The molecular formula is C24H26N6OS. The van der Waals surface area contributed by atoms with Gasteiger partial charge in [-0.1, -0.05) is 24.6 Å². The van der Waals surface area contributed by atoms with Crippen LogP contribution in [-0.2, 0) is 11.3 Å². The number of thiophene rings is 1. The Hall–Kier alpha value is -3.00. The van der Waals surface area contributed by atoms with Crippen LogP contribution in [0, 0.1) is 0 Å². The minimum atomic E-state index is -0.162. The number of Topliss-reactive ketones (excluding diaryl/α,β-unsaturated/α-hetero) is 1. The van der Waals surface area contributed by atoms with Gasteiger partial charge in [-0.3, -0.25) is 4.79 Å². The van der Waals surface area contributed by atoms with Crippen LogP contribution in [0.25, 0.3) is 21.3 Å². The molecule has 0 spiro atoms. The van der Waals surface area contributed by atoms with Crippen molar-refractivity contribution in [2.45, 2.75) is 51.1 Å². The molecular weight excluding hydrogens is 420 g/mol. The van der Waals surface area contributed by atoms with Gasteiger partial charge < -0.3 is 14.8 Å². The summed E-state index contributed by atoms with van der Waals surface area (Å²) in [4.78, 5) is 30.6. The zero-order chi connectivity index (χ0) is 21.5. The first-order valence-electron chi connectivity index (χ1n) is 11.5. The summed E-state index contributed by atoms with van der Waals surface area (Å²) in [6.45, 7) is 2.62. The number of benzene rings is 1. The van der Waals surface area contributed by atoms with E-state index in [2.05, 4.69) is 45.5 Å². The lowest BCUT2D eigenvalue weighted by atomic mass is 9.94. The lowest BCUT2D eigenvalue weighted by Gasteiger charge is -2.22. The van der Waals surface area contributed by atoms with E-state index in [9.17, 15) is 4.79 Å². The predicted octanol–water partition coefficient (Wildman–Crippen LogP) is 4.94. The summed E-state index contributed by atoms with van der Waals surface area (Å²) >= 11 is 1.79. The molecule has 2 aliphatic rings. The van der Waals surface area contributed by atoms with E-state index in [4.69, 9.17) is 9.97 Å². The Labute approximate surface area is 190 Å². The molecule has 7 nitrogen and oxygen atoms in total. The fourth-order valence-corrected chi connectivity index (χ4v) is 5.87. The maximum absolute atomic E-state index is 12.6. The molecule has 4 heterocycles. The number of anilines is 2. The molecule has 1 aliphatic heterocycles. The number of carbonyl (C=O) groups is 1. The monoisotopic (exact) mass is 446 g/mol. The molecule has 1 aliphatic carbocycles. The average molecular weight is 447 g/mol. The molecule has 0 bridgehead atoms. The Bertz CT molecular complexity index is 1260. The highest BCUT2D eigenvalue weighted by Gasteiger charge is 2.27. The van der Waals surface area contributed by atoms with Gasteiger partial charge in [0.1, 0.15) is 0 Å². The summed E-state index contributed by atoms with van der Waals surface area (Å²) in [6, 6.07) is 10.5. The molecule has 4 aromatic rings. The first kappa shape index (κ1) is 19.7. The maximum atomic E-state index is 12.6. The molecule has 1 N–H and O–H groups in total. The van der Waals surface area contributed by atoms with E-state index in [1.54, 1.807) is 17.7 Å². The number of hydrogen-bond acceptors (Lipinski definition) is 7. The first-order valence-corrected chi connectivity index (χ1v) is 12.3. The van der Waals surface area contributed by atoms with Crippen molar-refractivity contribution in [1.82, 2.24) is 19.5 Å². The third-order valence-electron chi connectivity index (χ3n) is 6.56. The van der Waals surface area contributed by atoms with E-state index in [-0.39, 0.29) is 11.8 Å². The van der Waals surface area contributed by atoms with Gasteiger partial charge in [0.25, 0.3) is 0 Å². The number of hydrogen-bond donors (Lipinski definition) is 1. The number of rotatable bonds is 5. The van der Waals surface area contributed by atoms with E-state index in [1.807, 2.05) is 4.57 Å². The van der Waals surface area contributed by atoms with Crippen LogP contribution in [0.3, 0.4) is 0 Å². The summed E-state index contributed by atoms with van der Waals surface area (Å²) in [7, 11) is 0. The van der Waals surface area contributed by atoms with Crippen molar-refractivity contribution in [3.63, 3.8) is 0 Å². The Morgan fingerprint density at radius 3 is 2.81 bits per heavy atom. The van der Waals surface area contributed by atoms with Crippen molar-refractivity contribution < 1.29 is 4.79 Å². The Balaban J connectivity index is 1.38. The normalized spacial score (nSPS) is 19.3. The predicted molar refractivity (Wildman–Crippen MR) is 128 cm³/mol. The summed E-state index contributed by atoms with van der Waals surface area (Å²) < 4.78 is 3.28. The molecule has 8 heteroatoms. The maximum Gasteiger partial charge on any atom is 0.229 e. The molecule has 0 radical (unpaired) electrons. The van der Waals surface area contributed by atoms with Gasteiger partial charge in [-0.05, 0) is 43.2 Å². The SMILES string of the molecule is O=C1CCCCC1n1cnc2c(NCc3cc4ccccc4s3)nc(N3CCCC3)nc21. The lowest BCUT2D eigenvalue weighted by molar-refractivity contribution is -0.123. The molecule has 6 rings (SSSR count). The smallest absolute Gasteiger partial charge is 0.229 e. The van der Waals surface area contributed by atoms with Crippen molar-refractivity contribution >= 4 is 50.1 Å². The molecule has 1 atom stereocenters. The summed E-state index contributed by atoms with van der Waals surface area (Å²) in [5.74, 6) is 1.77. The van der Waals surface area contributed by atoms with Crippen LogP contribution in [0.15, 0.2) is 36.7 Å². The van der Waals surface area contributed by atoms with E-state index in [1.165, 1.54) is 15.0 Å². The van der Waals surface area contributed by atoms with Crippen LogP contribution in [0.5, 0.6) is 0 Å². The highest BCUT2D eigenvalue weighted by Crippen LogP contribution is 2.32. The number of ketones is 1. The van der Waals surface area contributed by atoms with E-state index in [0.29, 0.717) is 13.0 Å². The van der Waals surface area contributed by atoms with Gasteiger partial charge in [-0.2, -0.15) is 9.97 Å². The Morgan fingerprint density at radius 2 is 1.97 bits per heavy atom. The second kappa shape index (κ2) is 8.16. The van der Waals surface area contributed by atoms with Crippen molar-refractivity contribution in [3.8, 4) is 0 Å². The minimum Gasteiger partial charge on any atom is -0.363 e. The molecule has 164 valence electrons. The molecule has 0 amide bonds. The minimum absolute atomic E-state index is 0.162. The highest BCUT2D eigenvalue weighted by atomic mass is 32.1. The van der Waals surface area contributed by atoms with Crippen molar-refractivity contribution in [2.75, 3.05) is 23.3 Å². The van der Waals surface area contributed by atoms with Gasteiger partial charge in [0.2, 0.25) is 5.95 Å². The third kappa shape index (κ3) is 3.52. The average Bonchev–Trinajstić information content (AvgIpc) is 3.57. The topological polar surface area (TPSA) is 75.9 Å². The van der Waals surface area contributed by atoms with Crippen LogP contribution in [0.1, 0.15) is 49.4 Å². The van der Waals surface area contributed by atoms with Gasteiger partial charge in [0.15, 0.2) is 22.8 Å².